The Labute approximate surface area is 196 Å². The van der Waals surface area contributed by atoms with Crippen LogP contribution in [0.5, 0.6) is 5.75 Å². The largest absolute Gasteiger partial charge is 0.497 e. The summed E-state index contributed by atoms with van der Waals surface area (Å²) in [5, 5.41) is 0. The molecule has 1 aliphatic carbocycles. The Morgan fingerprint density at radius 2 is 1.24 bits per heavy atom. The number of ether oxygens (including phenoxy) is 1. The van der Waals surface area contributed by atoms with Gasteiger partial charge in [-0.2, -0.15) is 0 Å². The van der Waals surface area contributed by atoms with Crippen molar-refractivity contribution < 1.29 is 4.74 Å². The van der Waals surface area contributed by atoms with Gasteiger partial charge in [-0.15, -0.1) is 0 Å². The Kier molecular flexibility index (Phi) is 4.11. The zero-order valence-corrected chi connectivity index (χ0v) is 19.9. The average molecular weight is 432 g/mol. The Bertz CT molecular complexity index is 1400. The highest BCUT2D eigenvalue weighted by Crippen LogP contribution is 2.57. The number of rotatable bonds is 2. The molecule has 0 aromatic heterocycles. The number of hydrogen-bond acceptors (Lipinski definition) is 2. The van der Waals surface area contributed by atoms with Crippen LogP contribution < -0.4 is 9.64 Å². The van der Waals surface area contributed by atoms with Crippen LogP contribution in [-0.4, -0.2) is 7.11 Å². The quantitative estimate of drug-likeness (QED) is 0.318. The van der Waals surface area contributed by atoms with Crippen molar-refractivity contribution in [2.24, 2.45) is 0 Å². The number of para-hydroxylation sites is 1. The minimum Gasteiger partial charge on any atom is -0.497 e. The van der Waals surface area contributed by atoms with E-state index in [0.29, 0.717) is 0 Å². The third-order valence-electron chi connectivity index (χ3n) is 7.75. The van der Waals surface area contributed by atoms with Crippen molar-refractivity contribution in [1.82, 2.24) is 0 Å². The average Bonchev–Trinajstić information content (AvgIpc) is 3.06. The normalized spacial score (nSPS) is 16.5. The fourth-order valence-corrected chi connectivity index (χ4v) is 5.89. The highest BCUT2D eigenvalue weighted by Gasteiger charge is 2.42. The third kappa shape index (κ3) is 2.67. The molecule has 4 aromatic carbocycles. The van der Waals surface area contributed by atoms with Gasteiger partial charge < -0.3 is 9.64 Å². The minimum atomic E-state index is -0.165. The monoisotopic (exact) mass is 431 g/mol. The summed E-state index contributed by atoms with van der Waals surface area (Å²) in [6.07, 6.45) is 0. The zero-order chi connectivity index (χ0) is 23.0. The summed E-state index contributed by atoms with van der Waals surface area (Å²) >= 11 is 0. The van der Waals surface area contributed by atoms with E-state index in [9.17, 15) is 0 Å². The van der Waals surface area contributed by atoms with Gasteiger partial charge in [-0.05, 0) is 75.8 Å². The van der Waals surface area contributed by atoms with Gasteiger partial charge in [0.2, 0.25) is 0 Å². The second kappa shape index (κ2) is 6.74. The van der Waals surface area contributed by atoms with E-state index >= 15 is 0 Å². The van der Waals surface area contributed by atoms with Gasteiger partial charge in [0, 0.05) is 16.5 Å². The fraction of sp³-hybridized carbons (Fsp3) is 0.226. The van der Waals surface area contributed by atoms with Crippen molar-refractivity contribution in [1.29, 1.82) is 0 Å². The minimum absolute atomic E-state index is 0.0341. The SMILES string of the molecule is COc1ccc2c(c1)C(C)(C)c1cc3c(cc1N2c1ccccc1)C(C)(C)c1ccccc1-3. The van der Waals surface area contributed by atoms with Gasteiger partial charge in [0.15, 0.2) is 0 Å². The molecule has 164 valence electrons. The lowest BCUT2D eigenvalue weighted by Crippen LogP contribution is -2.31. The topological polar surface area (TPSA) is 12.5 Å². The van der Waals surface area contributed by atoms with E-state index in [-0.39, 0.29) is 10.8 Å². The molecule has 0 unspecified atom stereocenters. The lowest BCUT2D eigenvalue weighted by atomic mass is 9.71. The number of benzene rings is 4. The lowest BCUT2D eigenvalue weighted by molar-refractivity contribution is 0.413. The van der Waals surface area contributed by atoms with Crippen LogP contribution in [-0.2, 0) is 10.8 Å². The van der Waals surface area contributed by atoms with Crippen molar-refractivity contribution in [3.8, 4) is 16.9 Å². The molecule has 33 heavy (non-hydrogen) atoms. The van der Waals surface area contributed by atoms with Crippen molar-refractivity contribution in [3.63, 3.8) is 0 Å². The van der Waals surface area contributed by atoms with Crippen LogP contribution in [0, 0.1) is 0 Å². The molecule has 0 bridgehead atoms. The van der Waals surface area contributed by atoms with Crippen LogP contribution in [0.15, 0.2) is 84.9 Å². The van der Waals surface area contributed by atoms with Crippen molar-refractivity contribution in [2.75, 3.05) is 12.0 Å². The predicted octanol–water partition coefficient (Wildman–Crippen LogP) is 8.11. The maximum Gasteiger partial charge on any atom is 0.119 e. The second-order valence-electron chi connectivity index (χ2n) is 10.3. The van der Waals surface area contributed by atoms with E-state index in [0.717, 1.165) is 5.75 Å². The van der Waals surface area contributed by atoms with Crippen LogP contribution in [0.2, 0.25) is 0 Å². The summed E-state index contributed by atoms with van der Waals surface area (Å²) in [5.74, 6) is 0.894. The molecule has 0 atom stereocenters. The third-order valence-corrected chi connectivity index (χ3v) is 7.75. The molecule has 6 rings (SSSR count). The van der Waals surface area contributed by atoms with Crippen LogP contribution in [0.3, 0.4) is 0 Å². The molecule has 4 aromatic rings. The van der Waals surface area contributed by atoms with E-state index in [2.05, 4.69) is 118 Å². The summed E-state index contributed by atoms with van der Waals surface area (Å²) in [5.41, 5.74) is 11.6. The van der Waals surface area contributed by atoms with Gasteiger partial charge in [-0.1, -0.05) is 70.2 Å². The highest BCUT2D eigenvalue weighted by atomic mass is 16.5. The number of nitrogens with zero attached hydrogens (tertiary/aromatic N) is 1. The van der Waals surface area contributed by atoms with Crippen LogP contribution in [0.1, 0.15) is 49.9 Å². The molecule has 1 heterocycles. The smallest absolute Gasteiger partial charge is 0.119 e. The summed E-state index contributed by atoms with van der Waals surface area (Å²) in [6.45, 7) is 9.38. The van der Waals surface area contributed by atoms with Crippen molar-refractivity contribution in [2.45, 2.75) is 38.5 Å². The van der Waals surface area contributed by atoms with Crippen molar-refractivity contribution >= 4 is 17.1 Å². The molecule has 0 spiro atoms. The van der Waals surface area contributed by atoms with Gasteiger partial charge in [-0.3, -0.25) is 0 Å². The maximum absolute atomic E-state index is 5.63. The van der Waals surface area contributed by atoms with Gasteiger partial charge in [0.25, 0.3) is 0 Å². The Hall–Kier alpha value is -3.52. The molecular formula is C31H29NO. The maximum atomic E-state index is 5.63. The van der Waals surface area contributed by atoms with E-state index in [1.807, 2.05) is 0 Å². The molecular weight excluding hydrogens is 402 g/mol. The lowest BCUT2D eigenvalue weighted by Gasteiger charge is -2.43. The first-order valence-electron chi connectivity index (χ1n) is 11.7. The first-order valence-corrected chi connectivity index (χ1v) is 11.7. The number of anilines is 3. The number of fused-ring (bicyclic) bond motifs is 5. The molecule has 0 fully saturated rings. The Morgan fingerprint density at radius 1 is 0.576 bits per heavy atom. The Balaban J connectivity index is 1.69. The predicted molar refractivity (Wildman–Crippen MR) is 137 cm³/mol. The molecule has 0 radical (unpaired) electrons. The summed E-state index contributed by atoms with van der Waals surface area (Å²) in [7, 11) is 1.74. The first kappa shape index (κ1) is 20.1. The second-order valence-corrected chi connectivity index (χ2v) is 10.3. The molecule has 2 aliphatic rings. The van der Waals surface area contributed by atoms with E-state index in [1.54, 1.807) is 7.11 Å². The molecule has 0 amide bonds. The molecule has 2 heteroatoms. The molecule has 0 N–H and O–H groups in total. The summed E-state index contributed by atoms with van der Waals surface area (Å²) in [6, 6.07) is 31.0. The number of methoxy groups -OCH3 is 1. The summed E-state index contributed by atoms with van der Waals surface area (Å²) < 4.78 is 5.63. The molecule has 0 saturated heterocycles. The van der Waals surface area contributed by atoms with E-state index in [1.165, 1.54) is 50.4 Å². The zero-order valence-electron chi connectivity index (χ0n) is 19.9. The van der Waals surface area contributed by atoms with Gasteiger partial charge in [0.1, 0.15) is 5.75 Å². The van der Waals surface area contributed by atoms with Crippen LogP contribution in [0.25, 0.3) is 11.1 Å². The fourth-order valence-electron chi connectivity index (χ4n) is 5.89. The van der Waals surface area contributed by atoms with Crippen LogP contribution in [0.4, 0.5) is 17.1 Å². The van der Waals surface area contributed by atoms with Crippen molar-refractivity contribution in [3.05, 3.63) is 107 Å². The first-order chi connectivity index (χ1) is 15.8. The van der Waals surface area contributed by atoms with Gasteiger partial charge in [-0.25, -0.2) is 0 Å². The van der Waals surface area contributed by atoms with Gasteiger partial charge in [0.05, 0.1) is 18.5 Å². The van der Waals surface area contributed by atoms with Crippen LogP contribution >= 0.6 is 0 Å². The standard InChI is InChI=1S/C31H29NO/c1-30(2)24-14-10-9-13-22(24)23-18-27-29(19-25(23)30)32(20-11-7-6-8-12-20)28-16-15-21(33-5)17-26(28)31(27,3)4/h6-19H,1-5H3. The molecule has 1 aliphatic heterocycles. The van der Waals surface area contributed by atoms with E-state index in [4.69, 9.17) is 4.74 Å². The highest BCUT2D eigenvalue weighted by molar-refractivity contribution is 5.91. The van der Waals surface area contributed by atoms with Gasteiger partial charge >= 0.3 is 0 Å². The number of hydrogen-bond donors (Lipinski definition) is 0. The molecule has 0 saturated carbocycles. The summed E-state index contributed by atoms with van der Waals surface area (Å²) in [4.78, 5) is 2.43. The Morgan fingerprint density at radius 3 is 2.00 bits per heavy atom. The molecule has 2 nitrogen and oxygen atoms in total. The van der Waals surface area contributed by atoms with E-state index < -0.39 is 0 Å².